The van der Waals surface area contributed by atoms with Crippen LogP contribution >= 0.6 is 0 Å². The van der Waals surface area contributed by atoms with E-state index in [0.29, 0.717) is 5.56 Å². The predicted molar refractivity (Wildman–Crippen MR) is 81.8 cm³/mol. The van der Waals surface area contributed by atoms with Crippen LogP contribution in [0.15, 0.2) is 48.5 Å². The summed E-state index contributed by atoms with van der Waals surface area (Å²) in [5.41, 5.74) is 0.852. The minimum Gasteiger partial charge on any atom is -0.494 e. The molecule has 2 rings (SSSR count). The average Bonchev–Trinajstić information content (AvgIpc) is 2.47. The summed E-state index contributed by atoms with van der Waals surface area (Å²) in [5, 5.41) is 10.0. The van der Waals surface area contributed by atoms with Gasteiger partial charge < -0.3 is 9.84 Å². The summed E-state index contributed by atoms with van der Waals surface area (Å²) in [4.78, 5) is 0. The van der Waals surface area contributed by atoms with Crippen LogP contribution in [0, 0.1) is 5.82 Å². The van der Waals surface area contributed by atoms with Gasteiger partial charge in [-0.25, -0.2) is 12.8 Å². The molecule has 22 heavy (non-hydrogen) atoms. The summed E-state index contributed by atoms with van der Waals surface area (Å²) in [7, 11) is -2.18. The molecule has 0 spiro atoms. The highest BCUT2D eigenvalue weighted by Crippen LogP contribution is 2.23. The van der Waals surface area contributed by atoms with Crippen LogP contribution in [0.1, 0.15) is 17.2 Å². The summed E-state index contributed by atoms with van der Waals surface area (Å²) < 4.78 is 42.6. The maximum Gasteiger partial charge on any atom is 0.165 e. The minimum atomic E-state index is -3.51. The Bertz CT molecular complexity index is 729. The first-order chi connectivity index (χ1) is 10.4. The van der Waals surface area contributed by atoms with Crippen molar-refractivity contribution in [1.29, 1.82) is 0 Å². The number of ether oxygens (including phenoxy) is 1. The van der Waals surface area contributed by atoms with Crippen LogP contribution in [0.3, 0.4) is 0 Å². The van der Waals surface area contributed by atoms with E-state index in [2.05, 4.69) is 0 Å². The topological polar surface area (TPSA) is 63.6 Å². The van der Waals surface area contributed by atoms with Gasteiger partial charge in [0, 0.05) is 0 Å². The predicted octanol–water partition coefficient (Wildman–Crippen LogP) is 2.48. The highest BCUT2D eigenvalue weighted by molar-refractivity contribution is 7.90. The lowest BCUT2D eigenvalue weighted by Gasteiger charge is -2.13. The summed E-state index contributed by atoms with van der Waals surface area (Å²) >= 11 is 0. The van der Waals surface area contributed by atoms with Gasteiger partial charge in [-0.15, -0.1) is 0 Å². The quantitative estimate of drug-likeness (QED) is 0.887. The largest absolute Gasteiger partial charge is 0.494 e. The molecule has 0 aliphatic rings. The van der Waals surface area contributed by atoms with Gasteiger partial charge in [0.2, 0.25) is 0 Å². The lowest BCUT2D eigenvalue weighted by atomic mass is 10.1. The molecule has 1 unspecified atom stereocenters. The number of sulfone groups is 1. The van der Waals surface area contributed by atoms with Crippen molar-refractivity contribution in [3.8, 4) is 5.75 Å². The van der Waals surface area contributed by atoms with E-state index in [4.69, 9.17) is 4.74 Å². The molecule has 0 saturated heterocycles. The van der Waals surface area contributed by atoms with Gasteiger partial charge >= 0.3 is 0 Å². The van der Waals surface area contributed by atoms with Crippen LogP contribution in [0.25, 0.3) is 0 Å². The Morgan fingerprint density at radius 1 is 1.18 bits per heavy atom. The fraction of sp³-hybridized carbons (Fsp3) is 0.250. The van der Waals surface area contributed by atoms with Crippen LogP contribution in [0.2, 0.25) is 0 Å². The number of halogens is 1. The van der Waals surface area contributed by atoms with Crippen LogP contribution in [0.5, 0.6) is 5.75 Å². The van der Waals surface area contributed by atoms with E-state index in [0.717, 1.165) is 6.07 Å². The van der Waals surface area contributed by atoms with Crippen molar-refractivity contribution in [2.45, 2.75) is 11.9 Å². The van der Waals surface area contributed by atoms with Crippen LogP contribution in [-0.4, -0.2) is 26.4 Å². The fourth-order valence-corrected chi connectivity index (χ4v) is 3.61. The van der Waals surface area contributed by atoms with Crippen molar-refractivity contribution >= 4 is 9.84 Å². The highest BCUT2D eigenvalue weighted by atomic mass is 32.2. The highest BCUT2D eigenvalue weighted by Gasteiger charge is 2.20. The van der Waals surface area contributed by atoms with Crippen LogP contribution < -0.4 is 4.74 Å². The number of hydrogen-bond acceptors (Lipinski definition) is 4. The second kappa shape index (κ2) is 6.89. The second-order valence-electron chi connectivity index (χ2n) is 4.95. The standard InChI is InChI=1S/C16H17FO4S/c1-21-16-8-7-13(9-14(16)17)15(18)11-22(19,20)10-12-5-3-2-4-6-12/h2-9,15,18H,10-11H2,1H3. The Kier molecular flexibility index (Phi) is 5.15. The number of aliphatic hydroxyl groups excluding tert-OH is 1. The van der Waals surface area contributed by atoms with E-state index in [1.165, 1.54) is 19.2 Å². The Hall–Kier alpha value is -1.92. The van der Waals surface area contributed by atoms with Gasteiger partial charge in [-0.3, -0.25) is 0 Å². The zero-order valence-corrected chi connectivity index (χ0v) is 12.9. The summed E-state index contributed by atoms with van der Waals surface area (Å²) in [5.74, 6) is -1.22. The number of aliphatic hydroxyl groups is 1. The van der Waals surface area contributed by atoms with E-state index in [9.17, 15) is 17.9 Å². The molecule has 2 aromatic carbocycles. The van der Waals surface area contributed by atoms with E-state index in [1.54, 1.807) is 30.3 Å². The van der Waals surface area contributed by atoms with Crippen molar-refractivity contribution in [2.75, 3.05) is 12.9 Å². The van der Waals surface area contributed by atoms with Gasteiger partial charge in [-0.1, -0.05) is 36.4 Å². The van der Waals surface area contributed by atoms with E-state index in [1.807, 2.05) is 0 Å². The first-order valence-corrected chi connectivity index (χ1v) is 8.49. The van der Waals surface area contributed by atoms with Gasteiger partial charge in [0.25, 0.3) is 0 Å². The molecule has 0 aliphatic carbocycles. The SMILES string of the molecule is COc1ccc(C(O)CS(=O)(=O)Cc2ccccc2)cc1F. The number of hydrogen-bond donors (Lipinski definition) is 1. The molecule has 0 amide bonds. The van der Waals surface area contributed by atoms with Gasteiger partial charge in [-0.05, 0) is 23.3 Å². The van der Waals surface area contributed by atoms with Gasteiger partial charge in [0.05, 0.1) is 24.7 Å². The third-order valence-electron chi connectivity index (χ3n) is 3.20. The number of benzene rings is 2. The average molecular weight is 324 g/mol. The molecule has 0 aromatic heterocycles. The molecular weight excluding hydrogens is 307 g/mol. The number of methoxy groups -OCH3 is 1. The van der Waals surface area contributed by atoms with Crippen molar-refractivity contribution in [3.05, 3.63) is 65.5 Å². The van der Waals surface area contributed by atoms with Crippen molar-refractivity contribution in [2.24, 2.45) is 0 Å². The molecule has 0 fully saturated rings. The first-order valence-electron chi connectivity index (χ1n) is 6.67. The third kappa shape index (κ3) is 4.29. The van der Waals surface area contributed by atoms with E-state index >= 15 is 0 Å². The lowest BCUT2D eigenvalue weighted by molar-refractivity contribution is 0.201. The summed E-state index contributed by atoms with van der Waals surface area (Å²) in [6, 6.07) is 12.6. The smallest absolute Gasteiger partial charge is 0.165 e. The lowest BCUT2D eigenvalue weighted by Crippen LogP contribution is -2.16. The number of rotatable bonds is 6. The molecule has 0 bridgehead atoms. The molecule has 4 nitrogen and oxygen atoms in total. The third-order valence-corrected chi connectivity index (χ3v) is 4.80. The van der Waals surface area contributed by atoms with Crippen molar-refractivity contribution < 1.29 is 22.7 Å². The molecule has 0 heterocycles. The zero-order chi connectivity index (χ0) is 16.2. The maximum absolute atomic E-state index is 13.6. The fourth-order valence-electron chi connectivity index (χ4n) is 2.11. The monoisotopic (exact) mass is 324 g/mol. The Morgan fingerprint density at radius 3 is 2.45 bits per heavy atom. The molecule has 6 heteroatoms. The maximum atomic E-state index is 13.6. The van der Waals surface area contributed by atoms with Gasteiger partial charge in [0.1, 0.15) is 0 Å². The molecular formula is C16H17FO4S. The van der Waals surface area contributed by atoms with E-state index in [-0.39, 0.29) is 17.1 Å². The summed E-state index contributed by atoms with van der Waals surface area (Å²) in [6.45, 7) is 0. The van der Waals surface area contributed by atoms with Crippen molar-refractivity contribution in [1.82, 2.24) is 0 Å². The zero-order valence-electron chi connectivity index (χ0n) is 12.1. The molecule has 2 aromatic rings. The molecule has 0 radical (unpaired) electrons. The van der Waals surface area contributed by atoms with Crippen LogP contribution in [0.4, 0.5) is 4.39 Å². The molecule has 0 aliphatic heterocycles. The van der Waals surface area contributed by atoms with Gasteiger partial charge in [-0.2, -0.15) is 0 Å². The van der Waals surface area contributed by atoms with Crippen molar-refractivity contribution in [3.63, 3.8) is 0 Å². The van der Waals surface area contributed by atoms with Gasteiger partial charge in [0.15, 0.2) is 21.4 Å². The summed E-state index contributed by atoms with van der Waals surface area (Å²) in [6.07, 6.45) is -1.28. The van der Waals surface area contributed by atoms with E-state index < -0.39 is 27.5 Å². The molecule has 118 valence electrons. The normalized spacial score (nSPS) is 12.9. The van der Waals surface area contributed by atoms with Crippen LogP contribution in [-0.2, 0) is 15.6 Å². The second-order valence-corrected chi connectivity index (χ2v) is 7.06. The Labute approximate surface area is 129 Å². The minimum absolute atomic E-state index is 0.0445. The first kappa shape index (κ1) is 16.5. The Balaban J connectivity index is 2.10. The molecule has 1 N–H and O–H groups in total. The Morgan fingerprint density at radius 2 is 1.86 bits per heavy atom. The molecule has 1 atom stereocenters. The molecule has 0 saturated carbocycles.